The van der Waals surface area contributed by atoms with Gasteiger partial charge in [-0.25, -0.2) is 0 Å². The fraction of sp³-hybridized carbons (Fsp3) is 0.562. The molecule has 1 aromatic carbocycles. The second kappa shape index (κ2) is 3.90. The summed E-state index contributed by atoms with van der Waals surface area (Å²) in [6, 6.07) is 8.47. The van der Waals surface area contributed by atoms with Crippen molar-refractivity contribution in [2.75, 3.05) is 13.2 Å². The average Bonchev–Trinajstić information content (AvgIpc) is 3.01. The molecule has 1 saturated heterocycles. The molecule has 2 fully saturated rings. The summed E-state index contributed by atoms with van der Waals surface area (Å²) in [6.45, 7) is 1.32. The minimum atomic E-state index is -0.487. The van der Waals surface area contributed by atoms with E-state index in [1.165, 1.54) is 17.4 Å². The third-order valence-corrected chi connectivity index (χ3v) is 5.10. The molecule has 2 unspecified atom stereocenters. The van der Waals surface area contributed by atoms with E-state index in [4.69, 9.17) is 9.47 Å². The maximum absolute atomic E-state index is 11.9. The van der Waals surface area contributed by atoms with Crippen molar-refractivity contribution in [1.82, 2.24) is 0 Å². The van der Waals surface area contributed by atoms with E-state index in [0.717, 1.165) is 19.3 Å². The van der Waals surface area contributed by atoms with E-state index in [9.17, 15) is 4.79 Å². The first-order chi connectivity index (χ1) is 9.27. The largest absolute Gasteiger partial charge is 0.347 e. The number of rotatable bonds is 1. The third kappa shape index (κ3) is 1.55. The molecule has 1 aliphatic heterocycles. The number of fused-ring (bicyclic) bond motifs is 3. The molecule has 3 aliphatic rings. The van der Waals surface area contributed by atoms with Crippen LogP contribution in [0.15, 0.2) is 24.3 Å². The summed E-state index contributed by atoms with van der Waals surface area (Å²) in [5, 5.41) is 0. The van der Waals surface area contributed by atoms with Gasteiger partial charge < -0.3 is 14.3 Å². The van der Waals surface area contributed by atoms with Crippen molar-refractivity contribution in [3.63, 3.8) is 0 Å². The molecule has 1 aromatic rings. The molecule has 2 atom stereocenters. The number of carbonyl (C=O) groups is 1. The van der Waals surface area contributed by atoms with Crippen LogP contribution in [0.4, 0.5) is 0 Å². The van der Waals surface area contributed by atoms with Gasteiger partial charge in [0.2, 0.25) is 0 Å². The van der Waals surface area contributed by atoms with Crippen molar-refractivity contribution in [3.8, 4) is 0 Å². The van der Waals surface area contributed by atoms with Gasteiger partial charge in [0.15, 0.2) is 5.79 Å². The van der Waals surface area contributed by atoms with Crippen molar-refractivity contribution in [1.29, 1.82) is 0 Å². The van der Waals surface area contributed by atoms with Crippen LogP contribution >= 0.6 is 0 Å². The summed E-state index contributed by atoms with van der Waals surface area (Å²) in [4.78, 5) is 11.9. The Morgan fingerprint density at radius 3 is 2.79 bits per heavy atom. The number of hydrogen-bond donors (Lipinski definition) is 0. The van der Waals surface area contributed by atoms with Gasteiger partial charge in [0, 0.05) is 18.3 Å². The Hall–Kier alpha value is -1.19. The van der Waals surface area contributed by atoms with Crippen LogP contribution in [0, 0.1) is 5.41 Å². The molecule has 1 saturated carbocycles. The molecule has 0 aromatic heterocycles. The Morgan fingerprint density at radius 2 is 2.00 bits per heavy atom. The van der Waals surface area contributed by atoms with Crippen LogP contribution in [-0.4, -0.2) is 25.3 Å². The van der Waals surface area contributed by atoms with Crippen molar-refractivity contribution < 1.29 is 14.3 Å². The zero-order valence-electron chi connectivity index (χ0n) is 10.9. The molecule has 19 heavy (non-hydrogen) atoms. The summed E-state index contributed by atoms with van der Waals surface area (Å²) >= 11 is 0. The average molecular weight is 258 g/mol. The minimum Gasteiger partial charge on any atom is -0.347 e. The first kappa shape index (κ1) is 11.6. The maximum Gasteiger partial charge on any atom is 0.169 e. The first-order valence-corrected chi connectivity index (χ1v) is 7.09. The second-order valence-electron chi connectivity index (χ2n) is 6.10. The summed E-state index contributed by atoms with van der Waals surface area (Å²) in [5.74, 6) is -0.140. The highest BCUT2D eigenvalue weighted by Gasteiger charge is 2.56. The van der Waals surface area contributed by atoms with Crippen LogP contribution in [0.5, 0.6) is 0 Å². The third-order valence-electron chi connectivity index (χ3n) is 5.10. The molecular formula is C16H18O3. The normalized spacial score (nSPS) is 35.1. The Balaban J connectivity index is 1.74. The predicted molar refractivity (Wildman–Crippen MR) is 69.9 cm³/mol. The van der Waals surface area contributed by atoms with Crippen molar-refractivity contribution in [3.05, 3.63) is 35.4 Å². The lowest BCUT2D eigenvalue weighted by molar-refractivity contribution is -0.202. The number of benzene rings is 1. The highest BCUT2D eigenvalue weighted by Crippen LogP contribution is 2.58. The molecule has 0 radical (unpaired) electrons. The number of hydrogen-bond acceptors (Lipinski definition) is 3. The van der Waals surface area contributed by atoms with Gasteiger partial charge in [-0.05, 0) is 29.9 Å². The summed E-state index contributed by atoms with van der Waals surface area (Å²) in [7, 11) is 0. The number of carbonyl (C=O) groups excluding carboxylic acids is 1. The highest BCUT2D eigenvalue weighted by atomic mass is 16.7. The monoisotopic (exact) mass is 258 g/mol. The smallest absolute Gasteiger partial charge is 0.169 e. The van der Waals surface area contributed by atoms with Crippen LogP contribution in [0.25, 0.3) is 0 Å². The summed E-state index contributed by atoms with van der Waals surface area (Å²) < 4.78 is 11.7. The zero-order valence-corrected chi connectivity index (χ0v) is 10.9. The van der Waals surface area contributed by atoms with Crippen molar-refractivity contribution in [2.24, 2.45) is 5.41 Å². The fourth-order valence-electron chi connectivity index (χ4n) is 4.31. The van der Waals surface area contributed by atoms with Gasteiger partial charge in [-0.15, -0.1) is 0 Å². The molecule has 1 spiro atoms. The van der Waals surface area contributed by atoms with E-state index in [1.54, 1.807) is 0 Å². The zero-order chi connectivity index (χ0) is 12.9. The molecular weight excluding hydrogens is 240 g/mol. The molecule has 0 N–H and O–H groups in total. The van der Waals surface area contributed by atoms with Crippen molar-refractivity contribution in [2.45, 2.75) is 37.4 Å². The number of ether oxygens (including phenoxy) is 2. The topological polar surface area (TPSA) is 35.5 Å². The minimum absolute atomic E-state index is 0.313. The van der Waals surface area contributed by atoms with Gasteiger partial charge in [0.05, 0.1) is 13.2 Å². The van der Waals surface area contributed by atoms with E-state index in [2.05, 4.69) is 24.3 Å². The standard InChI is InChI=1S/C16H18O3/c17-11-15-9-12-3-1-2-4-13(12)14(15)5-6-16(10-15)18-7-8-19-16/h1-4,11,14H,5-10H2. The highest BCUT2D eigenvalue weighted by molar-refractivity contribution is 5.66. The molecule has 2 aliphatic carbocycles. The Labute approximate surface area is 112 Å². The van der Waals surface area contributed by atoms with E-state index in [0.29, 0.717) is 25.6 Å². The lowest BCUT2D eigenvalue weighted by Crippen LogP contribution is -2.46. The maximum atomic E-state index is 11.9. The predicted octanol–water partition coefficient (Wildman–Crippen LogP) is 2.44. The second-order valence-corrected chi connectivity index (χ2v) is 6.10. The Bertz CT molecular complexity index is 518. The van der Waals surface area contributed by atoms with Crippen LogP contribution in [-0.2, 0) is 20.7 Å². The summed E-state index contributed by atoms with van der Waals surface area (Å²) in [5.41, 5.74) is 2.38. The summed E-state index contributed by atoms with van der Waals surface area (Å²) in [6.07, 6.45) is 4.61. The van der Waals surface area contributed by atoms with E-state index >= 15 is 0 Å². The van der Waals surface area contributed by atoms with Gasteiger partial charge in [-0.1, -0.05) is 24.3 Å². The first-order valence-electron chi connectivity index (χ1n) is 7.09. The van der Waals surface area contributed by atoms with Gasteiger partial charge in [-0.3, -0.25) is 0 Å². The molecule has 100 valence electrons. The molecule has 1 heterocycles. The molecule has 4 rings (SSSR count). The van der Waals surface area contributed by atoms with Gasteiger partial charge in [0.25, 0.3) is 0 Å². The molecule has 3 heteroatoms. The van der Waals surface area contributed by atoms with E-state index < -0.39 is 5.79 Å². The van der Waals surface area contributed by atoms with Gasteiger partial charge >= 0.3 is 0 Å². The lowest BCUT2D eigenvalue weighted by Gasteiger charge is -2.44. The van der Waals surface area contributed by atoms with Crippen LogP contribution < -0.4 is 0 Å². The fourth-order valence-corrected chi connectivity index (χ4v) is 4.31. The van der Waals surface area contributed by atoms with Crippen LogP contribution in [0.2, 0.25) is 0 Å². The van der Waals surface area contributed by atoms with Gasteiger partial charge in [-0.2, -0.15) is 0 Å². The molecule has 0 amide bonds. The quantitative estimate of drug-likeness (QED) is 0.726. The number of aldehydes is 1. The Morgan fingerprint density at radius 1 is 1.21 bits per heavy atom. The molecule has 0 bridgehead atoms. The Kier molecular flexibility index (Phi) is 2.39. The van der Waals surface area contributed by atoms with Gasteiger partial charge in [0.1, 0.15) is 6.29 Å². The van der Waals surface area contributed by atoms with E-state index in [-0.39, 0.29) is 5.41 Å². The lowest BCUT2D eigenvalue weighted by atomic mass is 9.65. The van der Waals surface area contributed by atoms with Crippen LogP contribution in [0.1, 0.15) is 36.3 Å². The van der Waals surface area contributed by atoms with E-state index in [1.807, 2.05) is 0 Å². The van der Waals surface area contributed by atoms with Crippen molar-refractivity contribution >= 4 is 6.29 Å². The van der Waals surface area contributed by atoms with Crippen LogP contribution in [0.3, 0.4) is 0 Å². The molecule has 3 nitrogen and oxygen atoms in total. The SMILES string of the molecule is O=CC12Cc3ccccc3C1CCC1(C2)OCCO1.